The number of hydrogen-bond acceptors (Lipinski definition) is 2. The lowest BCUT2D eigenvalue weighted by Gasteiger charge is -1.98. The second-order valence-electron chi connectivity index (χ2n) is 4.48. The Labute approximate surface area is 105 Å². The maximum absolute atomic E-state index is 11.9. The maximum Gasteiger partial charge on any atom is 0.162 e. The molecule has 0 radical (unpaired) electrons. The van der Waals surface area contributed by atoms with Gasteiger partial charge in [-0.15, -0.1) is 0 Å². The molecular weight excluding hydrogens is 224 g/mol. The molecule has 0 aliphatic rings. The number of rotatable bonds is 3. The van der Waals surface area contributed by atoms with Crippen molar-refractivity contribution in [2.45, 2.75) is 19.8 Å². The third-order valence-electron chi connectivity index (χ3n) is 3.18. The molecule has 0 saturated heterocycles. The van der Waals surface area contributed by atoms with E-state index in [1.807, 2.05) is 49.4 Å². The van der Waals surface area contributed by atoms with Gasteiger partial charge in [0.1, 0.15) is 11.2 Å². The Morgan fingerprint density at radius 2 is 1.83 bits per heavy atom. The van der Waals surface area contributed by atoms with E-state index in [2.05, 4.69) is 0 Å². The highest BCUT2D eigenvalue weighted by Crippen LogP contribution is 2.29. The molecule has 3 rings (SSSR count). The highest BCUT2D eigenvalue weighted by molar-refractivity contribution is 6.08. The van der Waals surface area contributed by atoms with Gasteiger partial charge in [-0.1, -0.05) is 25.1 Å². The van der Waals surface area contributed by atoms with Gasteiger partial charge in [0.25, 0.3) is 0 Å². The number of fused-ring (bicyclic) bond motifs is 3. The van der Waals surface area contributed by atoms with Crippen LogP contribution >= 0.6 is 0 Å². The summed E-state index contributed by atoms with van der Waals surface area (Å²) in [7, 11) is 0. The van der Waals surface area contributed by atoms with Gasteiger partial charge in [-0.3, -0.25) is 4.79 Å². The Morgan fingerprint density at radius 3 is 2.67 bits per heavy atom. The molecule has 0 saturated carbocycles. The fourth-order valence-corrected chi connectivity index (χ4v) is 2.27. The van der Waals surface area contributed by atoms with Gasteiger partial charge in [-0.05, 0) is 30.7 Å². The van der Waals surface area contributed by atoms with Gasteiger partial charge < -0.3 is 4.42 Å². The Kier molecular flexibility index (Phi) is 2.63. The highest BCUT2D eigenvalue weighted by atomic mass is 16.3. The van der Waals surface area contributed by atoms with Crippen molar-refractivity contribution in [1.82, 2.24) is 0 Å². The van der Waals surface area contributed by atoms with Crippen LogP contribution in [0.15, 0.2) is 46.9 Å². The van der Waals surface area contributed by atoms with Crippen LogP contribution in [0.25, 0.3) is 21.9 Å². The van der Waals surface area contributed by atoms with Gasteiger partial charge in [0.2, 0.25) is 0 Å². The fraction of sp³-hybridized carbons (Fsp3) is 0.188. The molecule has 0 spiro atoms. The molecule has 2 heteroatoms. The monoisotopic (exact) mass is 238 g/mol. The molecule has 0 amide bonds. The van der Waals surface area contributed by atoms with Gasteiger partial charge in [-0.2, -0.15) is 0 Å². The largest absolute Gasteiger partial charge is 0.456 e. The van der Waals surface area contributed by atoms with Crippen LogP contribution in [0, 0.1) is 0 Å². The number of furan rings is 1. The third-order valence-corrected chi connectivity index (χ3v) is 3.18. The smallest absolute Gasteiger partial charge is 0.162 e. The van der Waals surface area contributed by atoms with Crippen LogP contribution in [0.1, 0.15) is 30.1 Å². The molecule has 90 valence electrons. The molecule has 18 heavy (non-hydrogen) atoms. The van der Waals surface area contributed by atoms with Crippen molar-refractivity contribution in [2.75, 3.05) is 0 Å². The van der Waals surface area contributed by atoms with Gasteiger partial charge >= 0.3 is 0 Å². The van der Waals surface area contributed by atoms with Crippen molar-refractivity contribution in [2.24, 2.45) is 0 Å². The number of carbonyl (C=O) groups is 1. The normalized spacial score (nSPS) is 11.2. The minimum atomic E-state index is 0.199. The molecular formula is C16H14O2. The minimum absolute atomic E-state index is 0.199. The van der Waals surface area contributed by atoms with Gasteiger partial charge in [0, 0.05) is 22.8 Å². The lowest BCUT2D eigenvalue weighted by Crippen LogP contribution is -1.97. The maximum atomic E-state index is 11.9. The van der Waals surface area contributed by atoms with Crippen molar-refractivity contribution in [3.05, 3.63) is 48.0 Å². The first-order valence-electron chi connectivity index (χ1n) is 6.24. The first kappa shape index (κ1) is 11.0. The van der Waals surface area contributed by atoms with Crippen molar-refractivity contribution in [3.8, 4) is 0 Å². The number of Topliss-reactive ketones (excluding diaryl/α,β-unsaturated/α-hetero) is 1. The van der Waals surface area contributed by atoms with E-state index in [0.29, 0.717) is 6.42 Å². The average molecular weight is 238 g/mol. The zero-order valence-electron chi connectivity index (χ0n) is 10.3. The number of para-hydroxylation sites is 1. The Hall–Kier alpha value is -2.09. The van der Waals surface area contributed by atoms with E-state index in [9.17, 15) is 4.79 Å². The van der Waals surface area contributed by atoms with E-state index in [-0.39, 0.29) is 5.78 Å². The highest BCUT2D eigenvalue weighted by Gasteiger charge is 2.10. The summed E-state index contributed by atoms with van der Waals surface area (Å²) < 4.78 is 5.74. The molecule has 2 nitrogen and oxygen atoms in total. The Bertz CT molecular complexity index is 722. The van der Waals surface area contributed by atoms with Crippen LogP contribution in [-0.4, -0.2) is 5.78 Å². The molecule has 2 aromatic carbocycles. The molecule has 1 aromatic heterocycles. The zero-order valence-corrected chi connectivity index (χ0v) is 10.3. The van der Waals surface area contributed by atoms with Gasteiger partial charge in [0.05, 0.1) is 0 Å². The van der Waals surface area contributed by atoms with E-state index in [0.717, 1.165) is 33.9 Å². The summed E-state index contributed by atoms with van der Waals surface area (Å²) in [5, 5.41) is 2.09. The molecule has 3 aromatic rings. The molecule has 0 N–H and O–H groups in total. The zero-order chi connectivity index (χ0) is 12.5. The van der Waals surface area contributed by atoms with Crippen molar-refractivity contribution in [3.63, 3.8) is 0 Å². The van der Waals surface area contributed by atoms with Crippen molar-refractivity contribution < 1.29 is 9.21 Å². The summed E-state index contributed by atoms with van der Waals surface area (Å²) in [6.45, 7) is 2.02. The summed E-state index contributed by atoms with van der Waals surface area (Å²) in [5.74, 6) is 0.199. The molecule has 0 fully saturated rings. The predicted molar refractivity (Wildman–Crippen MR) is 73.0 cm³/mol. The Morgan fingerprint density at radius 1 is 1.06 bits per heavy atom. The topological polar surface area (TPSA) is 30.2 Å². The molecule has 1 heterocycles. The number of ketones is 1. The summed E-state index contributed by atoms with van der Waals surface area (Å²) >= 11 is 0. The third kappa shape index (κ3) is 1.70. The second-order valence-corrected chi connectivity index (χ2v) is 4.48. The Balaban J connectivity index is 2.21. The van der Waals surface area contributed by atoms with E-state index in [1.165, 1.54) is 0 Å². The van der Waals surface area contributed by atoms with E-state index in [1.54, 1.807) is 0 Å². The molecule has 0 unspecified atom stereocenters. The summed E-state index contributed by atoms with van der Waals surface area (Å²) in [4.78, 5) is 11.9. The van der Waals surface area contributed by atoms with Crippen LogP contribution in [0.3, 0.4) is 0 Å². The second kappa shape index (κ2) is 4.30. The lowest BCUT2D eigenvalue weighted by molar-refractivity contribution is 0.0982. The molecule has 0 atom stereocenters. The summed E-state index contributed by atoms with van der Waals surface area (Å²) in [6.07, 6.45) is 1.48. The molecule has 0 bridgehead atoms. The summed E-state index contributed by atoms with van der Waals surface area (Å²) in [6, 6.07) is 13.6. The van der Waals surface area contributed by atoms with Gasteiger partial charge in [0.15, 0.2) is 5.78 Å². The SMILES string of the molecule is CCCC(=O)c1ccc2oc3ccccc3c2c1. The standard InChI is InChI=1S/C16H14O2/c1-2-5-14(17)11-8-9-16-13(10-11)12-6-3-4-7-15(12)18-16/h3-4,6-10H,2,5H2,1H3. The first-order valence-corrected chi connectivity index (χ1v) is 6.24. The average Bonchev–Trinajstić information content (AvgIpc) is 2.76. The van der Waals surface area contributed by atoms with Crippen LogP contribution in [0.5, 0.6) is 0 Å². The van der Waals surface area contributed by atoms with Crippen LogP contribution in [0.2, 0.25) is 0 Å². The van der Waals surface area contributed by atoms with E-state index in [4.69, 9.17) is 4.42 Å². The first-order chi connectivity index (χ1) is 8.79. The number of carbonyl (C=O) groups excluding carboxylic acids is 1. The van der Waals surface area contributed by atoms with Crippen LogP contribution < -0.4 is 0 Å². The molecule has 0 aliphatic heterocycles. The number of hydrogen-bond donors (Lipinski definition) is 0. The molecule has 0 aliphatic carbocycles. The fourth-order valence-electron chi connectivity index (χ4n) is 2.27. The predicted octanol–water partition coefficient (Wildman–Crippen LogP) is 4.57. The van der Waals surface area contributed by atoms with Crippen molar-refractivity contribution in [1.29, 1.82) is 0 Å². The quantitative estimate of drug-likeness (QED) is 0.626. The lowest BCUT2D eigenvalue weighted by atomic mass is 10.0. The van der Waals surface area contributed by atoms with Crippen LogP contribution in [-0.2, 0) is 0 Å². The number of benzene rings is 2. The minimum Gasteiger partial charge on any atom is -0.456 e. The van der Waals surface area contributed by atoms with E-state index >= 15 is 0 Å². The van der Waals surface area contributed by atoms with Gasteiger partial charge in [-0.25, -0.2) is 0 Å². The van der Waals surface area contributed by atoms with E-state index < -0.39 is 0 Å². The summed E-state index contributed by atoms with van der Waals surface area (Å²) in [5.41, 5.74) is 2.48. The van der Waals surface area contributed by atoms with Crippen LogP contribution in [0.4, 0.5) is 0 Å². The van der Waals surface area contributed by atoms with Crippen molar-refractivity contribution >= 4 is 27.7 Å².